The first-order chi connectivity index (χ1) is 11.8. The number of likely N-dealkylation sites (tertiary alicyclic amines) is 1. The van der Waals surface area contributed by atoms with Crippen LogP contribution < -0.4 is 9.47 Å². The molecule has 1 spiro atoms. The lowest BCUT2D eigenvalue weighted by Crippen LogP contribution is -2.41. The highest BCUT2D eigenvalue weighted by Crippen LogP contribution is 2.52. The van der Waals surface area contributed by atoms with E-state index in [-0.39, 0.29) is 18.2 Å². The molecule has 0 N–H and O–H groups in total. The van der Waals surface area contributed by atoms with Gasteiger partial charge in [-0.15, -0.1) is 0 Å². The van der Waals surface area contributed by atoms with Crippen LogP contribution in [0.25, 0.3) is 0 Å². The van der Waals surface area contributed by atoms with Gasteiger partial charge in [0.15, 0.2) is 11.5 Å². The van der Waals surface area contributed by atoms with Gasteiger partial charge in [0.2, 0.25) is 12.7 Å². The van der Waals surface area contributed by atoms with Crippen LogP contribution in [0.15, 0.2) is 42.5 Å². The number of carbonyl (C=O) groups is 1. The fourth-order valence-electron chi connectivity index (χ4n) is 4.47. The normalized spacial score (nSPS) is 24.0. The van der Waals surface area contributed by atoms with Crippen LogP contribution in [0.2, 0.25) is 0 Å². The van der Waals surface area contributed by atoms with Crippen LogP contribution in [0.5, 0.6) is 11.5 Å². The summed E-state index contributed by atoms with van der Waals surface area (Å²) >= 11 is 0. The Bertz CT molecular complexity index is 817. The Kier molecular flexibility index (Phi) is 2.90. The molecule has 2 heterocycles. The fourth-order valence-corrected chi connectivity index (χ4v) is 4.47. The Morgan fingerprint density at radius 2 is 1.75 bits per heavy atom. The van der Waals surface area contributed by atoms with Crippen LogP contribution >= 0.6 is 0 Å². The molecule has 0 saturated carbocycles. The molecule has 1 amide bonds. The summed E-state index contributed by atoms with van der Waals surface area (Å²) in [6.45, 7) is 0.964. The summed E-state index contributed by atoms with van der Waals surface area (Å²) in [5, 5.41) is 0. The first kappa shape index (κ1) is 13.9. The summed E-state index contributed by atoms with van der Waals surface area (Å²) in [5.74, 6) is 1.91. The minimum atomic E-state index is -0.177. The molecule has 1 aliphatic carbocycles. The van der Waals surface area contributed by atoms with Gasteiger partial charge in [-0.3, -0.25) is 4.79 Å². The average molecular weight is 321 g/mol. The number of carbonyl (C=O) groups excluding carboxylic acids is 1. The maximum absolute atomic E-state index is 12.7. The van der Waals surface area contributed by atoms with Crippen molar-refractivity contribution in [1.29, 1.82) is 0 Å². The van der Waals surface area contributed by atoms with Crippen LogP contribution in [0.3, 0.4) is 0 Å². The number of amides is 1. The van der Waals surface area contributed by atoms with Gasteiger partial charge in [0.1, 0.15) is 0 Å². The second-order valence-electron chi connectivity index (χ2n) is 6.86. The second kappa shape index (κ2) is 5.00. The monoisotopic (exact) mass is 321 g/mol. The summed E-state index contributed by atoms with van der Waals surface area (Å²) < 4.78 is 11.1. The van der Waals surface area contributed by atoms with E-state index in [2.05, 4.69) is 29.2 Å². The highest BCUT2D eigenvalue weighted by molar-refractivity contribution is 5.81. The van der Waals surface area contributed by atoms with Gasteiger partial charge in [-0.1, -0.05) is 30.3 Å². The maximum Gasteiger partial charge on any atom is 0.231 e. The van der Waals surface area contributed by atoms with E-state index < -0.39 is 0 Å². The van der Waals surface area contributed by atoms with Gasteiger partial charge < -0.3 is 14.4 Å². The minimum absolute atomic E-state index is 0.177. The number of hydrogen-bond acceptors (Lipinski definition) is 3. The zero-order valence-electron chi connectivity index (χ0n) is 13.5. The number of benzene rings is 2. The quantitative estimate of drug-likeness (QED) is 0.851. The lowest BCUT2D eigenvalue weighted by atomic mass is 9.88. The largest absolute Gasteiger partial charge is 0.454 e. The Morgan fingerprint density at radius 1 is 1.00 bits per heavy atom. The first-order valence-corrected chi connectivity index (χ1v) is 8.54. The van der Waals surface area contributed by atoms with E-state index >= 15 is 0 Å². The molecule has 2 aromatic carbocycles. The molecule has 0 bridgehead atoms. The molecule has 1 saturated heterocycles. The predicted octanol–water partition coefficient (Wildman–Crippen LogP) is 3.38. The highest BCUT2D eigenvalue weighted by atomic mass is 16.7. The van der Waals surface area contributed by atoms with Gasteiger partial charge >= 0.3 is 0 Å². The lowest BCUT2D eigenvalue weighted by Gasteiger charge is -2.36. The standard InChI is InChI=1S/C20H19NO3/c22-19-7-9-20(21(19)12-14-4-2-1-3-5-14)8-6-15-10-17-18(11-16(15)20)24-13-23-17/h1-5,10-11H,6-9,12-13H2. The number of fused-ring (bicyclic) bond motifs is 3. The van der Waals surface area contributed by atoms with Crippen LogP contribution in [-0.2, 0) is 23.3 Å². The van der Waals surface area contributed by atoms with Gasteiger partial charge in [-0.05, 0) is 48.1 Å². The van der Waals surface area contributed by atoms with E-state index in [0.29, 0.717) is 13.0 Å². The van der Waals surface area contributed by atoms with E-state index in [1.807, 2.05) is 18.2 Å². The lowest BCUT2D eigenvalue weighted by molar-refractivity contribution is -0.132. The van der Waals surface area contributed by atoms with Crippen LogP contribution in [0.1, 0.15) is 36.0 Å². The second-order valence-corrected chi connectivity index (χ2v) is 6.86. The smallest absolute Gasteiger partial charge is 0.231 e. The molecule has 0 aromatic heterocycles. The average Bonchev–Trinajstić information content (AvgIpc) is 3.29. The zero-order valence-corrected chi connectivity index (χ0v) is 13.5. The molecule has 0 radical (unpaired) electrons. The molecule has 1 atom stereocenters. The van der Waals surface area contributed by atoms with Gasteiger partial charge in [0.25, 0.3) is 0 Å². The summed E-state index contributed by atoms with van der Waals surface area (Å²) in [6.07, 6.45) is 3.50. The van der Waals surface area contributed by atoms with Crippen molar-refractivity contribution < 1.29 is 14.3 Å². The summed E-state index contributed by atoms with van der Waals surface area (Å²) in [4.78, 5) is 14.7. The third-order valence-corrected chi connectivity index (χ3v) is 5.66. The summed E-state index contributed by atoms with van der Waals surface area (Å²) in [5.41, 5.74) is 3.56. The Hall–Kier alpha value is -2.49. The molecule has 5 rings (SSSR count). The molecule has 1 unspecified atom stereocenters. The maximum atomic E-state index is 12.7. The van der Waals surface area contributed by atoms with Crippen molar-refractivity contribution in [1.82, 2.24) is 4.90 Å². The van der Waals surface area contributed by atoms with E-state index in [9.17, 15) is 4.79 Å². The number of nitrogens with zero attached hydrogens (tertiary/aromatic N) is 1. The van der Waals surface area contributed by atoms with Gasteiger partial charge in [-0.25, -0.2) is 0 Å². The topological polar surface area (TPSA) is 38.8 Å². The Labute approximate surface area is 141 Å². The summed E-state index contributed by atoms with van der Waals surface area (Å²) in [6, 6.07) is 14.5. The van der Waals surface area contributed by atoms with Crippen LogP contribution in [0, 0.1) is 0 Å². The third-order valence-electron chi connectivity index (χ3n) is 5.66. The number of ether oxygens (including phenoxy) is 2. The van der Waals surface area contributed by atoms with Crippen molar-refractivity contribution in [2.24, 2.45) is 0 Å². The zero-order chi connectivity index (χ0) is 16.1. The molecule has 122 valence electrons. The van der Waals surface area contributed by atoms with Crippen molar-refractivity contribution in [2.75, 3.05) is 6.79 Å². The van der Waals surface area contributed by atoms with E-state index in [1.165, 1.54) is 16.7 Å². The van der Waals surface area contributed by atoms with Crippen LogP contribution in [-0.4, -0.2) is 17.6 Å². The highest BCUT2D eigenvalue weighted by Gasteiger charge is 2.50. The van der Waals surface area contributed by atoms with Crippen molar-refractivity contribution in [3.63, 3.8) is 0 Å². The molecule has 2 aromatic rings. The van der Waals surface area contributed by atoms with Gasteiger partial charge in [0, 0.05) is 13.0 Å². The molecule has 4 heteroatoms. The molecule has 1 fully saturated rings. The van der Waals surface area contributed by atoms with Gasteiger partial charge in [-0.2, -0.15) is 0 Å². The molecular formula is C20H19NO3. The van der Waals surface area contributed by atoms with Crippen molar-refractivity contribution in [3.8, 4) is 11.5 Å². The Balaban J connectivity index is 1.57. The van der Waals surface area contributed by atoms with E-state index in [4.69, 9.17) is 9.47 Å². The predicted molar refractivity (Wildman–Crippen MR) is 88.8 cm³/mol. The molecule has 3 aliphatic rings. The van der Waals surface area contributed by atoms with Crippen molar-refractivity contribution in [2.45, 2.75) is 37.8 Å². The van der Waals surface area contributed by atoms with Crippen molar-refractivity contribution >= 4 is 5.91 Å². The first-order valence-electron chi connectivity index (χ1n) is 8.54. The number of aryl methyl sites for hydroxylation is 1. The molecular weight excluding hydrogens is 302 g/mol. The van der Waals surface area contributed by atoms with E-state index in [0.717, 1.165) is 30.8 Å². The minimum Gasteiger partial charge on any atom is -0.454 e. The third kappa shape index (κ3) is 1.89. The molecule has 2 aliphatic heterocycles. The molecule has 4 nitrogen and oxygen atoms in total. The fraction of sp³-hybridized carbons (Fsp3) is 0.350. The molecule has 24 heavy (non-hydrogen) atoms. The SMILES string of the molecule is O=C1CCC2(CCc3cc4c(cc32)OCO4)N1Cc1ccccc1. The number of rotatable bonds is 2. The number of hydrogen-bond donors (Lipinski definition) is 0. The van der Waals surface area contributed by atoms with Crippen LogP contribution in [0.4, 0.5) is 0 Å². The van der Waals surface area contributed by atoms with Crippen molar-refractivity contribution in [3.05, 3.63) is 59.2 Å². The summed E-state index contributed by atoms with van der Waals surface area (Å²) in [7, 11) is 0. The van der Waals surface area contributed by atoms with Gasteiger partial charge in [0.05, 0.1) is 5.54 Å². The van der Waals surface area contributed by atoms with E-state index in [1.54, 1.807) is 0 Å². The Morgan fingerprint density at radius 3 is 2.58 bits per heavy atom.